The first-order valence-corrected chi connectivity index (χ1v) is 6.82. The molecule has 3 aromatic rings. The second-order valence-corrected chi connectivity index (χ2v) is 4.88. The van der Waals surface area contributed by atoms with E-state index >= 15 is 0 Å². The topological polar surface area (TPSA) is 68.0 Å². The molecule has 21 heavy (non-hydrogen) atoms. The first-order chi connectivity index (χ1) is 10.2. The van der Waals surface area contributed by atoms with Gasteiger partial charge in [-0.25, -0.2) is 9.48 Å². The lowest BCUT2D eigenvalue weighted by atomic mass is 10.1. The molecule has 1 N–H and O–H groups in total. The van der Waals surface area contributed by atoms with E-state index in [1.807, 2.05) is 12.1 Å². The lowest BCUT2D eigenvalue weighted by Crippen LogP contribution is -2.04. The minimum absolute atomic E-state index is 0.225. The number of rotatable bonds is 4. The highest BCUT2D eigenvalue weighted by Gasteiger charge is 2.10. The summed E-state index contributed by atoms with van der Waals surface area (Å²) in [5.74, 6) is -0.956. The minimum Gasteiger partial charge on any atom is -0.478 e. The van der Waals surface area contributed by atoms with Crippen LogP contribution in [0.25, 0.3) is 11.0 Å². The highest BCUT2D eigenvalue weighted by atomic mass is 16.4. The SMILES string of the molecule is CCc1ccccc1Cn1nnc2cc(C(=O)O)ccc21. The van der Waals surface area contributed by atoms with Gasteiger partial charge in [0, 0.05) is 0 Å². The molecule has 5 nitrogen and oxygen atoms in total. The number of carboxylic acid groups (broad SMARTS) is 1. The predicted octanol–water partition coefficient (Wildman–Crippen LogP) is 2.74. The van der Waals surface area contributed by atoms with Gasteiger partial charge in [-0.2, -0.15) is 0 Å². The number of benzene rings is 2. The Balaban J connectivity index is 2.00. The van der Waals surface area contributed by atoms with Crippen molar-refractivity contribution in [1.29, 1.82) is 0 Å². The Kier molecular flexibility index (Phi) is 3.39. The molecule has 2 aromatic carbocycles. The largest absolute Gasteiger partial charge is 0.478 e. The maximum absolute atomic E-state index is 11.0. The molecule has 0 saturated heterocycles. The van der Waals surface area contributed by atoms with Gasteiger partial charge in [0.25, 0.3) is 0 Å². The zero-order valence-electron chi connectivity index (χ0n) is 11.7. The second kappa shape index (κ2) is 5.36. The molecular weight excluding hydrogens is 266 g/mol. The number of aromatic carboxylic acids is 1. The smallest absolute Gasteiger partial charge is 0.335 e. The van der Waals surface area contributed by atoms with Gasteiger partial charge in [-0.1, -0.05) is 36.4 Å². The van der Waals surface area contributed by atoms with Gasteiger partial charge in [-0.3, -0.25) is 0 Å². The van der Waals surface area contributed by atoms with Gasteiger partial charge in [0.05, 0.1) is 17.6 Å². The number of aromatic nitrogens is 3. The summed E-state index contributed by atoms with van der Waals surface area (Å²) in [6, 6.07) is 13.1. The van der Waals surface area contributed by atoms with Crippen LogP contribution in [-0.4, -0.2) is 26.1 Å². The fourth-order valence-corrected chi connectivity index (χ4v) is 2.44. The van der Waals surface area contributed by atoms with Crippen LogP contribution in [0.3, 0.4) is 0 Å². The lowest BCUT2D eigenvalue weighted by molar-refractivity contribution is 0.0697. The average Bonchev–Trinajstić information content (AvgIpc) is 2.90. The van der Waals surface area contributed by atoms with Crippen molar-refractivity contribution in [3.8, 4) is 0 Å². The average molecular weight is 281 g/mol. The van der Waals surface area contributed by atoms with Crippen molar-refractivity contribution in [2.75, 3.05) is 0 Å². The summed E-state index contributed by atoms with van der Waals surface area (Å²) in [6.45, 7) is 2.75. The summed E-state index contributed by atoms with van der Waals surface area (Å²) in [7, 11) is 0. The van der Waals surface area contributed by atoms with Gasteiger partial charge in [-0.15, -0.1) is 5.10 Å². The van der Waals surface area contributed by atoms with Crippen molar-refractivity contribution in [2.45, 2.75) is 19.9 Å². The molecule has 0 radical (unpaired) electrons. The van der Waals surface area contributed by atoms with Crippen LogP contribution in [0, 0.1) is 0 Å². The fraction of sp³-hybridized carbons (Fsp3) is 0.188. The molecular formula is C16H15N3O2. The van der Waals surface area contributed by atoms with Crippen molar-refractivity contribution in [1.82, 2.24) is 15.0 Å². The molecule has 0 fully saturated rings. The van der Waals surface area contributed by atoms with Gasteiger partial charge in [0.15, 0.2) is 0 Å². The summed E-state index contributed by atoms with van der Waals surface area (Å²) in [4.78, 5) is 11.0. The monoisotopic (exact) mass is 281 g/mol. The summed E-state index contributed by atoms with van der Waals surface area (Å²) in [5, 5.41) is 17.2. The van der Waals surface area contributed by atoms with Gasteiger partial charge < -0.3 is 5.11 Å². The van der Waals surface area contributed by atoms with Gasteiger partial charge in [0.1, 0.15) is 5.52 Å². The molecule has 0 bridgehead atoms. The Morgan fingerprint density at radius 3 is 2.67 bits per heavy atom. The Morgan fingerprint density at radius 1 is 1.19 bits per heavy atom. The highest BCUT2D eigenvalue weighted by Crippen LogP contribution is 2.17. The molecule has 106 valence electrons. The molecule has 0 aliphatic rings. The highest BCUT2D eigenvalue weighted by molar-refractivity contribution is 5.92. The van der Waals surface area contributed by atoms with Crippen LogP contribution in [-0.2, 0) is 13.0 Å². The zero-order chi connectivity index (χ0) is 14.8. The molecule has 5 heteroatoms. The van der Waals surface area contributed by atoms with Crippen LogP contribution in [0.2, 0.25) is 0 Å². The number of carboxylic acids is 1. The molecule has 0 spiro atoms. The van der Waals surface area contributed by atoms with E-state index in [2.05, 4.69) is 29.4 Å². The van der Waals surface area contributed by atoms with E-state index in [1.165, 1.54) is 11.1 Å². The van der Waals surface area contributed by atoms with Gasteiger partial charge in [0.2, 0.25) is 0 Å². The van der Waals surface area contributed by atoms with E-state index in [1.54, 1.807) is 22.9 Å². The minimum atomic E-state index is -0.956. The summed E-state index contributed by atoms with van der Waals surface area (Å²) >= 11 is 0. The second-order valence-electron chi connectivity index (χ2n) is 4.88. The van der Waals surface area contributed by atoms with Crippen molar-refractivity contribution in [3.05, 3.63) is 59.2 Å². The number of carbonyl (C=O) groups is 1. The fourth-order valence-electron chi connectivity index (χ4n) is 2.44. The van der Waals surface area contributed by atoms with Crippen molar-refractivity contribution in [3.63, 3.8) is 0 Å². The van der Waals surface area contributed by atoms with Gasteiger partial charge in [-0.05, 0) is 35.7 Å². The van der Waals surface area contributed by atoms with Crippen molar-refractivity contribution >= 4 is 17.0 Å². The van der Waals surface area contributed by atoms with E-state index in [4.69, 9.17) is 5.11 Å². The first-order valence-electron chi connectivity index (χ1n) is 6.82. The molecule has 0 unspecified atom stereocenters. The maximum atomic E-state index is 11.0. The van der Waals surface area contributed by atoms with Crippen LogP contribution in [0.15, 0.2) is 42.5 Å². The molecule has 0 amide bonds. The van der Waals surface area contributed by atoms with E-state index < -0.39 is 5.97 Å². The number of hydrogen-bond acceptors (Lipinski definition) is 3. The Morgan fingerprint density at radius 2 is 1.95 bits per heavy atom. The van der Waals surface area contributed by atoms with Crippen LogP contribution in [0.4, 0.5) is 0 Å². The third kappa shape index (κ3) is 2.50. The number of fused-ring (bicyclic) bond motifs is 1. The third-order valence-electron chi connectivity index (χ3n) is 3.58. The molecule has 0 saturated carbocycles. The summed E-state index contributed by atoms with van der Waals surface area (Å²) in [6.07, 6.45) is 0.964. The molecule has 1 heterocycles. The van der Waals surface area contributed by atoms with E-state index in [0.29, 0.717) is 12.1 Å². The standard InChI is InChI=1S/C16H15N3O2/c1-2-11-5-3-4-6-13(11)10-19-15-8-7-12(16(20)21)9-14(15)17-18-19/h3-9H,2,10H2,1H3,(H,20,21). The van der Waals surface area contributed by atoms with Crippen molar-refractivity contribution < 1.29 is 9.90 Å². The van der Waals surface area contributed by atoms with Crippen LogP contribution in [0.1, 0.15) is 28.4 Å². The molecule has 0 aliphatic carbocycles. The third-order valence-corrected chi connectivity index (χ3v) is 3.58. The van der Waals surface area contributed by atoms with Crippen LogP contribution >= 0.6 is 0 Å². The normalized spacial score (nSPS) is 10.9. The van der Waals surface area contributed by atoms with Crippen LogP contribution < -0.4 is 0 Å². The van der Waals surface area contributed by atoms with E-state index in [-0.39, 0.29) is 5.56 Å². The predicted molar refractivity (Wildman–Crippen MR) is 79.4 cm³/mol. The Bertz CT molecular complexity index is 808. The van der Waals surface area contributed by atoms with E-state index in [9.17, 15) is 4.79 Å². The molecule has 3 rings (SSSR count). The van der Waals surface area contributed by atoms with E-state index in [0.717, 1.165) is 11.9 Å². The Labute approximate surface area is 121 Å². The van der Waals surface area contributed by atoms with Crippen molar-refractivity contribution in [2.24, 2.45) is 0 Å². The zero-order valence-corrected chi connectivity index (χ0v) is 11.7. The Hall–Kier alpha value is -2.69. The van der Waals surface area contributed by atoms with Gasteiger partial charge >= 0.3 is 5.97 Å². The first kappa shape index (κ1) is 13.3. The summed E-state index contributed by atoms with van der Waals surface area (Å²) in [5.41, 5.74) is 4.15. The number of aryl methyl sites for hydroxylation is 1. The molecule has 1 aromatic heterocycles. The molecule has 0 aliphatic heterocycles. The maximum Gasteiger partial charge on any atom is 0.335 e. The number of nitrogens with zero attached hydrogens (tertiary/aromatic N) is 3. The van der Waals surface area contributed by atoms with Crippen LogP contribution in [0.5, 0.6) is 0 Å². The molecule has 0 atom stereocenters. The summed E-state index contributed by atoms with van der Waals surface area (Å²) < 4.78 is 1.80. The quantitative estimate of drug-likeness (QED) is 0.798. The number of hydrogen-bond donors (Lipinski definition) is 1. The lowest BCUT2D eigenvalue weighted by Gasteiger charge is -2.08.